The van der Waals surface area contributed by atoms with Crippen molar-refractivity contribution in [1.82, 2.24) is 16.2 Å². The van der Waals surface area contributed by atoms with Gasteiger partial charge in [-0.25, -0.2) is 4.79 Å². The van der Waals surface area contributed by atoms with E-state index < -0.39 is 23.9 Å². The monoisotopic (exact) mass is 366 g/mol. The summed E-state index contributed by atoms with van der Waals surface area (Å²) in [5.74, 6) is -0.354. The highest BCUT2D eigenvalue weighted by Crippen LogP contribution is 2.27. The fraction of sp³-hybridized carbons (Fsp3) is 0.471. The summed E-state index contributed by atoms with van der Waals surface area (Å²) in [5.41, 5.74) is 9.98. The fourth-order valence-electron chi connectivity index (χ4n) is 2.21. The Morgan fingerprint density at radius 3 is 2.38 bits per heavy atom. The van der Waals surface area contributed by atoms with Crippen LogP contribution in [0.2, 0.25) is 0 Å². The van der Waals surface area contributed by atoms with Gasteiger partial charge in [-0.15, -0.1) is 0 Å². The molecule has 0 aliphatic heterocycles. The van der Waals surface area contributed by atoms with E-state index in [-0.39, 0.29) is 11.5 Å². The first-order valence-corrected chi connectivity index (χ1v) is 8.30. The van der Waals surface area contributed by atoms with Crippen LogP contribution in [0.4, 0.5) is 4.79 Å². The van der Waals surface area contributed by atoms with Gasteiger partial charge in [-0.2, -0.15) is 0 Å². The third-order valence-corrected chi connectivity index (χ3v) is 3.82. The Morgan fingerprint density at radius 2 is 1.85 bits per heavy atom. The number of amides is 4. The number of primary amides is 1. The highest BCUT2D eigenvalue weighted by molar-refractivity contribution is 5.96. The second-order valence-electron chi connectivity index (χ2n) is 5.61. The van der Waals surface area contributed by atoms with Crippen LogP contribution in [-0.4, -0.2) is 37.6 Å². The summed E-state index contributed by atoms with van der Waals surface area (Å²) in [4.78, 5) is 35.5. The maximum atomic E-state index is 12.2. The van der Waals surface area contributed by atoms with Crippen molar-refractivity contribution in [3.63, 3.8) is 0 Å². The zero-order valence-corrected chi connectivity index (χ0v) is 15.4. The SMILES string of the molecule is CCOc1ccc(C(=O)NNC(=O)[C@@H](NC(N)=O)[C@@H](C)CC)cc1OC. The first-order valence-electron chi connectivity index (χ1n) is 8.30. The van der Waals surface area contributed by atoms with Crippen molar-refractivity contribution in [3.05, 3.63) is 23.8 Å². The van der Waals surface area contributed by atoms with Crippen LogP contribution >= 0.6 is 0 Å². The second-order valence-corrected chi connectivity index (χ2v) is 5.61. The van der Waals surface area contributed by atoms with E-state index in [1.165, 1.54) is 13.2 Å². The van der Waals surface area contributed by atoms with Gasteiger partial charge in [-0.1, -0.05) is 20.3 Å². The topological polar surface area (TPSA) is 132 Å². The molecule has 0 aliphatic carbocycles. The fourth-order valence-corrected chi connectivity index (χ4v) is 2.21. The lowest BCUT2D eigenvalue weighted by Gasteiger charge is -2.22. The zero-order valence-electron chi connectivity index (χ0n) is 15.4. The molecule has 1 aromatic carbocycles. The van der Waals surface area contributed by atoms with Gasteiger partial charge in [0.1, 0.15) is 6.04 Å². The molecule has 26 heavy (non-hydrogen) atoms. The van der Waals surface area contributed by atoms with Crippen molar-refractivity contribution < 1.29 is 23.9 Å². The minimum Gasteiger partial charge on any atom is -0.493 e. The van der Waals surface area contributed by atoms with Gasteiger partial charge in [-0.3, -0.25) is 20.4 Å². The van der Waals surface area contributed by atoms with Crippen LogP contribution in [0.3, 0.4) is 0 Å². The lowest BCUT2D eigenvalue weighted by Crippen LogP contribution is -2.55. The van der Waals surface area contributed by atoms with Crippen LogP contribution in [0.1, 0.15) is 37.6 Å². The van der Waals surface area contributed by atoms with E-state index in [1.807, 2.05) is 13.8 Å². The number of methoxy groups -OCH3 is 1. The molecule has 5 N–H and O–H groups in total. The molecule has 4 amide bonds. The summed E-state index contributed by atoms with van der Waals surface area (Å²) in [6, 6.07) is 2.99. The number of carbonyl (C=O) groups is 3. The molecule has 9 heteroatoms. The predicted octanol–water partition coefficient (Wildman–Crippen LogP) is 0.938. The highest BCUT2D eigenvalue weighted by atomic mass is 16.5. The molecule has 1 aromatic rings. The summed E-state index contributed by atoms with van der Waals surface area (Å²) >= 11 is 0. The minimum absolute atomic E-state index is 0.162. The quantitative estimate of drug-likeness (QED) is 0.508. The third-order valence-electron chi connectivity index (χ3n) is 3.82. The van der Waals surface area contributed by atoms with Gasteiger partial charge in [0.05, 0.1) is 13.7 Å². The molecule has 0 aliphatic rings. The molecule has 2 atom stereocenters. The number of urea groups is 1. The number of ether oxygens (including phenoxy) is 2. The highest BCUT2D eigenvalue weighted by Gasteiger charge is 2.25. The third kappa shape index (κ3) is 5.83. The number of benzene rings is 1. The summed E-state index contributed by atoms with van der Waals surface area (Å²) in [6.45, 7) is 5.96. The largest absolute Gasteiger partial charge is 0.493 e. The lowest BCUT2D eigenvalue weighted by atomic mass is 9.99. The molecule has 9 nitrogen and oxygen atoms in total. The molecule has 0 aromatic heterocycles. The Bertz CT molecular complexity index is 650. The van der Waals surface area contributed by atoms with Crippen LogP contribution in [-0.2, 0) is 4.79 Å². The van der Waals surface area contributed by atoms with Crippen molar-refractivity contribution in [2.24, 2.45) is 11.7 Å². The number of nitrogens with two attached hydrogens (primary N) is 1. The molecule has 144 valence electrons. The molecular weight excluding hydrogens is 340 g/mol. The Morgan fingerprint density at radius 1 is 1.15 bits per heavy atom. The molecule has 0 saturated heterocycles. The summed E-state index contributed by atoms with van der Waals surface area (Å²) in [7, 11) is 1.47. The first kappa shape index (κ1) is 21.1. The van der Waals surface area contributed by atoms with Gasteiger partial charge in [0.25, 0.3) is 11.8 Å². The van der Waals surface area contributed by atoms with Crippen molar-refractivity contribution in [2.75, 3.05) is 13.7 Å². The maximum absolute atomic E-state index is 12.2. The van der Waals surface area contributed by atoms with Crippen LogP contribution in [0.15, 0.2) is 18.2 Å². The molecule has 0 unspecified atom stereocenters. The van der Waals surface area contributed by atoms with E-state index in [0.717, 1.165) is 0 Å². The van der Waals surface area contributed by atoms with Gasteiger partial charge in [0.2, 0.25) is 0 Å². The normalized spacial score (nSPS) is 12.5. The van der Waals surface area contributed by atoms with E-state index in [4.69, 9.17) is 15.2 Å². The average Bonchev–Trinajstić information content (AvgIpc) is 2.63. The average molecular weight is 366 g/mol. The van der Waals surface area contributed by atoms with E-state index in [0.29, 0.717) is 24.5 Å². The van der Waals surface area contributed by atoms with E-state index >= 15 is 0 Å². The van der Waals surface area contributed by atoms with Gasteiger partial charge in [0.15, 0.2) is 11.5 Å². The van der Waals surface area contributed by atoms with E-state index in [9.17, 15) is 14.4 Å². The summed E-state index contributed by atoms with van der Waals surface area (Å²) in [5, 5.41) is 2.37. The van der Waals surface area contributed by atoms with Crippen molar-refractivity contribution in [1.29, 1.82) is 0 Å². The smallest absolute Gasteiger partial charge is 0.312 e. The number of rotatable bonds is 8. The zero-order chi connectivity index (χ0) is 19.7. The Hall–Kier alpha value is -2.97. The predicted molar refractivity (Wildman–Crippen MR) is 95.7 cm³/mol. The lowest BCUT2D eigenvalue weighted by molar-refractivity contribution is -0.124. The molecule has 1 rings (SSSR count). The number of hydrogen-bond acceptors (Lipinski definition) is 5. The summed E-state index contributed by atoms with van der Waals surface area (Å²) in [6.07, 6.45) is 0.641. The molecule has 0 radical (unpaired) electrons. The van der Waals surface area contributed by atoms with Crippen LogP contribution in [0, 0.1) is 5.92 Å². The van der Waals surface area contributed by atoms with Crippen molar-refractivity contribution in [3.8, 4) is 11.5 Å². The molecular formula is C17H26N4O5. The first-order chi connectivity index (χ1) is 12.3. The molecule has 0 bridgehead atoms. The number of hydrazine groups is 1. The number of hydrogen-bond donors (Lipinski definition) is 4. The molecule has 0 heterocycles. The summed E-state index contributed by atoms with van der Waals surface area (Å²) < 4.78 is 10.6. The molecule has 0 fully saturated rings. The second kappa shape index (κ2) is 10.1. The Balaban J connectivity index is 2.78. The van der Waals surface area contributed by atoms with Gasteiger partial charge in [0, 0.05) is 5.56 Å². The van der Waals surface area contributed by atoms with Crippen molar-refractivity contribution >= 4 is 17.8 Å². The van der Waals surface area contributed by atoms with Crippen LogP contribution < -0.4 is 31.4 Å². The Kier molecular flexibility index (Phi) is 8.20. The van der Waals surface area contributed by atoms with Gasteiger partial charge >= 0.3 is 6.03 Å². The Labute approximate surface area is 152 Å². The molecule has 0 saturated carbocycles. The van der Waals surface area contributed by atoms with Crippen LogP contribution in [0.5, 0.6) is 11.5 Å². The number of carbonyl (C=O) groups excluding carboxylic acids is 3. The maximum Gasteiger partial charge on any atom is 0.312 e. The minimum atomic E-state index is -0.854. The van der Waals surface area contributed by atoms with Crippen LogP contribution in [0.25, 0.3) is 0 Å². The van der Waals surface area contributed by atoms with Gasteiger partial charge < -0.3 is 20.5 Å². The molecule has 0 spiro atoms. The van der Waals surface area contributed by atoms with E-state index in [2.05, 4.69) is 16.2 Å². The van der Waals surface area contributed by atoms with Gasteiger partial charge in [-0.05, 0) is 31.0 Å². The number of nitrogens with one attached hydrogen (secondary N) is 3. The van der Waals surface area contributed by atoms with E-state index in [1.54, 1.807) is 19.1 Å². The van der Waals surface area contributed by atoms with Crippen molar-refractivity contribution in [2.45, 2.75) is 33.2 Å². The standard InChI is InChI=1S/C17H26N4O5/c1-5-10(3)14(19-17(18)24)16(23)21-20-15(22)11-7-8-12(26-6-2)13(9-11)25-4/h7-10,14H,5-6H2,1-4H3,(H,20,22)(H,21,23)(H3,18,19,24)/t10-,14-/m0/s1.